The maximum absolute atomic E-state index is 11.1. The fourth-order valence-electron chi connectivity index (χ4n) is 2.77. The van der Waals surface area contributed by atoms with Crippen LogP contribution in [0.1, 0.15) is 25.7 Å². The number of halogens is 1. The van der Waals surface area contributed by atoms with Crippen molar-refractivity contribution in [2.45, 2.75) is 31.2 Å². The molecule has 0 radical (unpaired) electrons. The molecule has 1 aliphatic carbocycles. The van der Waals surface area contributed by atoms with Gasteiger partial charge >= 0.3 is 5.69 Å². The van der Waals surface area contributed by atoms with Crippen molar-refractivity contribution in [1.29, 1.82) is 0 Å². The number of pyridine rings is 1. The number of likely N-dealkylation sites (N-methyl/N-ethyl adjacent to an activating group) is 1. The van der Waals surface area contributed by atoms with Crippen molar-refractivity contribution in [3.8, 4) is 0 Å². The highest BCUT2D eigenvalue weighted by Crippen LogP contribution is 2.34. The molecule has 1 fully saturated rings. The van der Waals surface area contributed by atoms with Gasteiger partial charge in [-0.3, -0.25) is 10.1 Å². The molecule has 0 aliphatic heterocycles. The number of hydrogen-bond acceptors (Lipinski definition) is 5. The van der Waals surface area contributed by atoms with Crippen LogP contribution in [-0.2, 0) is 0 Å². The van der Waals surface area contributed by atoms with Gasteiger partial charge in [0.15, 0.2) is 0 Å². The maximum atomic E-state index is 11.1. The lowest BCUT2D eigenvalue weighted by Crippen LogP contribution is -2.47. The SMILES string of the molecule is CN(C)C1(CNc2ncc(Br)cc2[N+](=O)[O-])CCCC1. The third kappa shape index (κ3) is 3.09. The molecule has 0 unspecified atom stereocenters. The molecule has 0 aromatic carbocycles. The van der Waals surface area contributed by atoms with E-state index in [2.05, 4.69) is 45.2 Å². The molecule has 1 heterocycles. The average molecular weight is 343 g/mol. The molecule has 0 saturated heterocycles. The summed E-state index contributed by atoms with van der Waals surface area (Å²) >= 11 is 3.21. The van der Waals surface area contributed by atoms with Crippen molar-refractivity contribution < 1.29 is 4.92 Å². The minimum absolute atomic E-state index is 0.00581. The summed E-state index contributed by atoms with van der Waals surface area (Å²) in [6, 6.07) is 1.48. The molecule has 6 nitrogen and oxygen atoms in total. The Morgan fingerprint density at radius 3 is 2.70 bits per heavy atom. The van der Waals surface area contributed by atoms with Crippen molar-refractivity contribution in [2.75, 3.05) is 26.0 Å². The van der Waals surface area contributed by atoms with Crippen LogP contribution in [0.25, 0.3) is 0 Å². The largest absolute Gasteiger partial charge is 0.362 e. The Bertz CT molecular complexity index is 501. The van der Waals surface area contributed by atoms with Crippen LogP contribution in [0.3, 0.4) is 0 Å². The van der Waals surface area contributed by atoms with E-state index >= 15 is 0 Å². The highest BCUT2D eigenvalue weighted by molar-refractivity contribution is 9.10. The summed E-state index contributed by atoms with van der Waals surface area (Å²) < 4.78 is 0.609. The van der Waals surface area contributed by atoms with Gasteiger partial charge < -0.3 is 10.2 Å². The van der Waals surface area contributed by atoms with E-state index in [9.17, 15) is 10.1 Å². The summed E-state index contributed by atoms with van der Waals surface area (Å²) in [4.78, 5) is 17.0. The summed E-state index contributed by atoms with van der Waals surface area (Å²) in [5.74, 6) is 0.339. The zero-order valence-electron chi connectivity index (χ0n) is 11.7. The Hall–Kier alpha value is -1.21. The second-order valence-electron chi connectivity index (χ2n) is 5.46. The molecule has 0 bridgehead atoms. The third-order valence-corrected chi connectivity index (χ3v) is 4.53. The quantitative estimate of drug-likeness (QED) is 0.657. The first-order chi connectivity index (χ1) is 9.44. The topological polar surface area (TPSA) is 71.3 Å². The fraction of sp³-hybridized carbons (Fsp3) is 0.615. The van der Waals surface area contributed by atoms with Crippen molar-refractivity contribution in [3.63, 3.8) is 0 Å². The molecule has 1 aromatic heterocycles. The van der Waals surface area contributed by atoms with Gasteiger partial charge in [-0.25, -0.2) is 4.98 Å². The van der Waals surface area contributed by atoms with Crippen LogP contribution in [-0.4, -0.2) is 41.0 Å². The van der Waals surface area contributed by atoms with E-state index < -0.39 is 4.92 Å². The van der Waals surface area contributed by atoms with Crippen molar-refractivity contribution >= 4 is 27.4 Å². The van der Waals surface area contributed by atoms with Gasteiger partial charge in [-0.15, -0.1) is 0 Å². The maximum Gasteiger partial charge on any atom is 0.312 e. The lowest BCUT2D eigenvalue weighted by atomic mass is 9.96. The Labute approximate surface area is 126 Å². The lowest BCUT2D eigenvalue weighted by Gasteiger charge is -2.36. The van der Waals surface area contributed by atoms with Crippen LogP contribution in [0.5, 0.6) is 0 Å². The van der Waals surface area contributed by atoms with Crippen LogP contribution < -0.4 is 5.32 Å². The van der Waals surface area contributed by atoms with Crippen molar-refractivity contribution in [1.82, 2.24) is 9.88 Å². The van der Waals surface area contributed by atoms with Crippen LogP contribution in [0, 0.1) is 10.1 Å². The Morgan fingerprint density at radius 1 is 1.50 bits per heavy atom. The van der Waals surface area contributed by atoms with E-state index in [0.29, 0.717) is 16.8 Å². The first-order valence-electron chi connectivity index (χ1n) is 6.66. The smallest absolute Gasteiger partial charge is 0.312 e. The molecule has 110 valence electrons. The molecule has 20 heavy (non-hydrogen) atoms. The molecule has 0 atom stereocenters. The zero-order valence-corrected chi connectivity index (χ0v) is 13.3. The van der Waals surface area contributed by atoms with Crippen molar-refractivity contribution in [2.24, 2.45) is 0 Å². The van der Waals surface area contributed by atoms with Gasteiger partial charge in [0.25, 0.3) is 0 Å². The van der Waals surface area contributed by atoms with Gasteiger partial charge in [-0.2, -0.15) is 0 Å². The molecule has 0 amide bonds. The van der Waals surface area contributed by atoms with Gasteiger partial charge in [-0.05, 0) is 42.9 Å². The highest BCUT2D eigenvalue weighted by atomic mass is 79.9. The Kier molecular flexibility index (Phi) is 4.59. The van der Waals surface area contributed by atoms with E-state index in [4.69, 9.17) is 0 Å². The van der Waals surface area contributed by atoms with Crippen LogP contribution in [0.15, 0.2) is 16.7 Å². The molecule has 2 rings (SSSR count). The van der Waals surface area contributed by atoms with Crippen LogP contribution in [0.2, 0.25) is 0 Å². The Balaban J connectivity index is 2.16. The molecular weight excluding hydrogens is 324 g/mol. The standard InChI is InChI=1S/C13H19BrN4O2/c1-17(2)13(5-3-4-6-13)9-16-12-11(18(19)20)7-10(14)8-15-12/h7-8H,3-6,9H2,1-2H3,(H,15,16). The monoisotopic (exact) mass is 342 g/mol. The van der Waals surface area contributed by atoms with Crippen LogP contribution in [0.4, 0.5) is 11.5 Å². The number of hydrogen-bond donors (Lipinski definition) is 1. The summed E-state index contributed by atoms with van der Waals surface area (Å²) in [6.45, 7) is 0.676. The molecule has 1 aliphatic rings. The average Bonchev–Trinajstić information content (AvgIpc) is 2.87. The normalized spacial score (nSPS) is 17.4. The zero-order chi connectivity index (χ0) is 14.8. The van der Waals surface area contributed by atoms with Gasteiger partial charge in [0.05, 0.1) is 4.92 Å². The number of rotatable bonds is 5. The van der Waals surface area contributed by atoms with E-state index in [0.717, 1.165) is 12.8 Å². The molecular formula is C13H19BrN4O2. The first-order valence-corrected chi connectivity index (χ1v) is 7.45. The molecule has 1 N–H and O–H groups in total. The van der Waals surface area contributed by atoms with E-state index in [1.54, 1.807) is 6.20 Å². The molecule has 0 spiro atoms. The molecule has 1 aromatic rings. The lowest BCUT2D eigenvalue weighted by molar-refractivity contribution is -0.384. The summed E-state index contributed by atoms with van der Waals surface area (Å²) in [6.07, 6.45) is 6.20. The van der Waals surface area contributed by atoms with Crippen LogP contribution >= 0.6 is 15.9 Å². The minimum atomic E-state index is -0.406. The number of nitro groups is 1. The number of nitrogens with zero attached hydrogens (tertiary/aromatic N) is 3. The predicted molar refractivity (Wildman–Crippen MR) is 82.0 cm³/mol. The fourth-order valence-corrected chi connectivity index (χ4v) is 3.09. The van der Waals surface area contributed by atoms with Gasteiger partial charge in [-0.1, -0.05) is 12.8 Å². The highest BCUT2D eigenvalue weighted by Gasteiger charge is 2.36. The van der Waals surface area contributed by atoms with Crippen molar-refractivity contribution in [3.05, 3.63) is 26.9 Å². The predicted octanol–water partition coefficient (Wildman–Crippen LogP) is 3.04. The summed E-state index contributed by atoms with van der Waals surface area (Å²) in [5.41, 5.74) is 0.0779. The number of aromatic nitrogens is 1. The first kappa shape index (κ1) is 15.2. The van der Waals surface area contributed by atoms with E-state index in [1.165, 1.54) is 18.9 Å². The second-order valence-corrected chi connectivity index (χ2v) is 6.37. The molecule has 1 saturated carbocycles. The summed E-state index contributed by atoms with van der Waals surface area (Å²) in [7, 11) is 4.13. The van der Waals surface area contributed by atoms with Gasteiger partial charge in [0.2, 0.25) is 5.82 Å². The third-order valence-electron chi connectivity index (χ3n) is 4.10. The van der Waals surface area contributed by atoms with Gasteiger partial charge in [0.1, 0.15) is 0 Å². The molecule has 7 heteroatoms. The van der Waals surface area contributed by atoms with E-state index in [-0.39, 0.29) is 11.2 Å². The number of anilines is 1. The Morgan fingerprint density at radius 2 is 2.15 bits per heavy atom. The summed E-state index contributed by atoms with van der Waals surface area (Å²) in [5, 5.41) is 14.2. The number of nitrogens with one attached hydrogen (secondary N) is 1. The van der Waals surface area contributed by atoms with Gasteiger partial charge in [0, 0.05) is 28.8 Å². The van der Waals surface area contributed by atoms with E-state index in [1.807, 2.05) is 0 Å². The minimum Gasteiger partial charge on any atom is -0.362 e. The second kappa shape index (κ2) is 6.05.